The predicted molar refractivity (Wildman–Crippen MR) is 81.3 cm³/mol. The van der Waals surface area contributed by atoms with Gasteiger partial charge in [0.05, 0.1) is 6.04 Å². The number of halogens is 1. The van der Waals surface area contributed by atoms with Crippen LogP contribution in [0.4, 0.5) is 10.1 Å². The number of rotatable bonds is 5. The number of anilines is 1. The first-order valence-electron chi connectivity index (χ1n) is 7.37. The smallest absolute Gasteiger partial charge is 0.123 e. The normalized spacial score (nSPS) is 15.9. The van der Waals surface area contributed by atoms with Crippen molar-refractivity contribution in [1.82, 2.24) is 0 Å². The largest absolute Gasteiger partial charge is 0.378 e. The highest BCUT2D eigenvalue weighted by molar-refractivity contribution is 5.47. The predicted octanol–water partition coefficient (Wildman–Crippen LogP) is 4.95. The summed E-state index contributed by atoms with van der Waals surface area (Å²) in [6, 6.07) is 15.8. The Morgan fingerprint density at radius 3 is 2.25 bits per heavy atom. The molecule has 0 radical (unpaired) electrons. The maximum Gasteiger partial charge on any atom is 0.123 e. The van der Waals surface area contributed by atoms with Gasteiger partial charge in [0, 0.05) is 5.69 Å². The van der Waals surface area contributed by atoms with Crippen molar-refractivity contribution in [3.63, 3.8) is 0 Å². The molecule has 0 heterocycles. The van der Waals surface area contributed by atoms with E-state index in [4.69, 9.17) is 0 Å². The molecule has 1 saturated carbocycles. The van der Waals surface area contributed by atoms with E-state index < -0.39 is 0 Å². The van der Waals surface area contributed by atoms with Crippen molar-refractivity contribution >= 4 is 5.69 Å². The quantitative estimate of drug-likeness (QED) is 0.809. The molecule has 1 aliphatic carbocycles. The van der Waals surface area contributed by atoms with E-state index in [-0.39, 0.29) is 5.82 Å². The lowest BCUT2D eigenvalue weighted by molar-refractivity contribution is 0.622. The van der Waals surface area contributed by atoms with Crippen LogP contribution >= 0.6 is 0 Å². The molecular weight excluding hydrogens is 249 g/mol. The van der Waals surface area contributed by atoms with E-state index in [0.717, 1.165) is 12.1 Å². The molecule has 1 unspecified atom stereocenters. The summed E-state index contributed by atoms with van der Waals surface area (Å²) in [4.78, 5) is 0. The summed E-state index contributed by atoms with van der Waals surface area (Å²) in [5, 5.41) is 3.61. The second-order valence-corrected chi connectivity index (χ2v) is 5.56. The van der Waals surface area contributed by atoms with Crippen molar-refractivity contribution in [1.29, 1.82) is 0 Å². The van der Waals surface area contributed by atoms with Crippen LogP contribution in [0.5, 0.6) is 0 Å². The first kappa shape index (κ1) is 13.2. The van der Waals surface area contributed by atoms with E-state index in [1.54, 1.807) is 12.1 Å². The van der Waals surface area contributed by atoms with Crippen LogP contribution in [-0.4, -0.2) is 0 Å². The van der Waals surface area contributed by atoms with Crippen LogP contribution in [0.3, 0.4) is 0 Å². The second kappa shape index (κ2) is 5.66. The van der Waals surface area contributed by atoms with Crippen molar-refractivity contribution < 1.29 is 4.39 Å². The lowest BCUT2D eigenvalue weighted by Gasteiger charge is -2.20. The third-order valence-corrected chi connectivity index (χ3v) is 4.01. The average Bonchev–Trinajstić information content (AvgIpc) is 3.31. The highest BCUT2D eigenvalue weighted by Gasteiger charge is 2.32. The summed E-state index contributed by atoms with van der Waals surface area (Å²) in [7, 11) is 0. The van der Waals surface area contributed by atoms with E-state index in [1.807, 2.05) is 12.1 Å². The standard InChI is InChI=1S/C18H20FN/c1-2-13-3-11-17(12-4-13)20-18(14-5-6-14)15-7-9-16(19)10-8-15/h3-4,7-12,14,18,20H,2,5-6H2,1H3. The Morgan fingerprint density at radius 2 is 1.70 bits per heavy atom. The monoisotopic (exact) mass is 269 g/mol. The summed E-state index contributed by atoms with van der Waals surface area (Å²) in [6.07, 6.45) is 3.56. The van der Waals surface area contributed by atoms with Gasteiger partial charge in [0.15, 0.2) is 0 Å². The molecule has 2 aromatic rings. The second-order valence-electron chi connectivity index (χ2n) is 5.56. The zero-order chi connectivity index (χ0) is 13.9. The van der Waals surface area contributed by atoms with Crippen molar-refractivity contribution in [3.8, 4) is 0 Å². The lowest BCUT2D eigenvalue weighted by Crippen LogP contribution is -2.12. The maximum atomic E-state index is 13.1. The molecule has 0 spiro atoms. The van der Waals surface area contributed by atoms with Crippen LogP contribution in [0.25, 0.3) is 0 Å². The highest BCUT2D eigenvalue weighted by atomic mass is 19.1. The van der Waals surface area contributed by atoms with E-state index >= 15 is 0 Å². The van der Waals surface area contributed by atoms with E-state index in [1.165, 1.54) is 24.0 Å². The SMILES string of the molecule is CCc1ccc(NC(c2ccc(F)cc2)C2CC2)cc1. The van der Waals surface area contributed by atoms with Crippen molar-refractivity contribution in [2.75, 3.05) is 5.32 Å². The molecule has 0 bridgehead atoms. The van der Waals surface area contributed by atoms with Crippen LogP contribution in [-0.2, 0) is 6.42 Å². The summed E-state index contributed by atoms with van der Waals surface area (Å²) < 4.78 is 13.1. The summed E-state index contributed by atoms with van der Waals surface area (Å²) in [5.74, 6) is 0.502. The van der Waals surface area contributed by atoms with Crippen LogP contribution in [0, 0.1) is 11.7 Å². The van der Waals surface area contributed by atoms with Gasteiger partial charge in [0.2, 0.25) is 0 Å². The van der Waals surface area contributed by atoms with Gasteiger partial charge in [-0.2, -0.15) is 0 Å². The molecule has 104 valence electrons. The van der Waals surface area contributed by atoms with Crippen LogP contribution in [0.1, 0.15) is 36.9 Å². The van der Waals surface area contributed by atoms with E-state index in [9.17, 15) is 4.39 Å². The Hall–Kier alpha value is -1.83. The lowest BCUT2D eigenvalue weighted by atomic mass is 10.0. The number of benzene rings is 2. The van der Waals surface area contributed by atoms with E-state index in [0.29, 0.717) is 12.0 Å². The molecule has 0 saturated heterocycles. The molecule has 1 aliphatic rings. The number of aryl methyl sites for hydroxylation is 1. The Morgan fingerprint density at radius 1 is 1.05 bits per heavy atom. The van der Waals surface area contributed by atoms with Gasteiger partial charge in [-0.1, -0.05) is 31.2 Å². The molecule has 0 amide bonds. The van der Waals surface area contributed by atoms with Gasteiger partial charge in [-0.3, -0.25) is 0 Å². The van der Waals surface area contributed by atoms with Gasteiger partial charge in [0.1, 0.15) is 5.82 Å². The topological polar surface area (TPSA) is 12.0 Å². The molecule has 3 rings (SSSR count). The first-order valence-corrected chi connectivity index (χ1v) is 7.37. The number of hydrogen-bond acceptors (Lipinski definition) is 1. The zero-order valence-corrected chi connectivity index (χ0v) is 11.8. The molecule has 2 heteroatoms. The Balaban J connectivity index is 1.78. The molecular formula is C18H20FN. The average molecular weight is 269 g/mol. The fourth-order valence-corrected chi connectivity index (χ4v) is 2.59. The molecule has 1 fully saturated rings. The van der Waals surface area contributed by atoms with Gasteiger partial charge in [0.25, 0.3) is 0 Å². The minimum absolute atomic E-state index is 0.171. The third-order valence-electron chi connectivity index (χ3n) is 4.01. The van der Waals surface area contributed by atoms with Crippen LogP contribution < -0.4 is 5.32 Å². The van der Waals surface area contributed by atoms with Gasteiger partial charge in [-0.05, 0) is 60.6 Å². The van der Waals surface area contributed by atoms with Gasteiger partial charge < -0.3 is 5.32 Å². The van der Waals surface area contributed by atoms with Crippen LogP contribution in [0.2, 0.25) is 0 Å². The molecule has 0 aromatic heterocycles. The fraction of sp³-hybridized carbons (Fsp3) is 0.333. The molecule has 1 N–H and O–H groups in total. The Kier molecular flexibility index (Phi) is 3.72. The summed E-state index contributed by atoms with van der Waals surface area (Å²) >= 11 is 0. The Bertz CT molecular complexity index is 555. The van der Waals surface area contributed by atoms with Gasteiger partial charge in [-0.15, -0.1) is 0 Å². The number of nitrogens with one attached hydrogen (secondary N) is 1. The molecule has 1 nitrogen and oxygen atoms in total. The van der Waals surface area contributed by atoms with Crippen molar-refractivity contribution in [2.24, 2.45) is 5.92 Å². The summed E-state index contributed by atoms with van der Waals surface area (Å²) in [6.45, 7) is 2.16. The van der Waals surface area contributed by atoms with Crippen molar-refractivity contribution in [3.05, 3.63) is 65.5 Å². The summed E-state index contributed by atoms with van der Waals surface area (Å²) in [5.41, 5.74) is 3.66. The molecule has 0 aliphatic heterocycles. The van der Waals surface area contributed by atoms with Crippen LogP contribution in [0.15, 0.2) is 48.5 Å². The minimum atomic E-state index is -0.171. The van der Waals surface area contributed by atoms with Gasteiger partial charge >= 0.3 is 0 Å². The highest BCUT2D eigenvalue weighted by Crippen LogP contribution is 2.42. The number of hydrogen-bond donors (Lipinski definition) is 1. The molecule has 2 aromatic carbocycles. The maximum absolute atomic E-state index is 13.1. The zero-order valence-electron chi connectivity index (χ0n) is 11.8. The molecule has 1 atom stereocenters. The van der Waals surface area contributed by atoms with E-state index in [2.05, 4.69) is 36.5 Å². The van der Waals surface area contributed by atoms with Crippen molar-refractivity contribution in [2.45, 2.75) is 32.2 Å². The Labute approximate surface area is 119 Å². The fourth-order valence-electron chi connectivity index (χ4n) is 2.59. The minimum Gasteiger partial charge on any atom is -0.378 e. The molecule has 20 heavy (non-hydrogen) atoms. The first-order chi connectivity index (χ1) is 9.76. The van der Waals surface area contributed by atoms with Gasteiger partial charge in [-0.25, -0.2) is 4.39 Å². The third kappa shape index (κ3) is 3.01.